The number of benzene rings is 1. The Bertz CT molecular complexity index is 645. The van der Waals surface area contributed by atoms with E-state index >= 15 is 0 Å². The summed E-state index contributed by atoms with van der Waals surface area (Å²) >= 11 is -1.44. The average Bonchev–Trinajstić information content (AvgIpc) is 2.56. The number of nitrogens with one attached hydrogen (secondary N) is 1. The molecule has 168 valence electrons. The molecule has 0 saturated heterocycles. The Morgan fingerprint density at radius 1 is 1.17 bits per heavy atom. The van der Waals surface area contributed by atoms with Gasteiger partial charge < -0.3 is 14.0 Å². The van der Waals surface area contributed by atoms with Crippen LogP contribution < -0.4 is 9.46 Å². The molecule has 0 aromatic heterocycles. The van der Waals surface area contributed by atoms with E-state index in [9.17, 15) is 17.7 Å². The summed E-state index contributed by atoms with van der Waals surface area (Å²) in [6, 6.07) is 4.27. The van der Waals surface area contributed by atoms with Crippen LogP contribution in [0.5, 0.6) is 5.75 Å². The van der Waals surface area contributed by atoms with Crippen molar-refractivity contribution < 1.29 is 27.2 Å². The highest BCUT2D eigenvalue weighted by Crippen LogP contribution is 2.41. The van der Waals surface area contributed by atoms with E-state index in [4.69, 9.17) is 9.47 Å². The molecule has 1 N–H and O–H groups in total. The summed E-state index contributed by atoms with van der Waals surface area (Å²) in [5, 5.41) is 0. The molecule has 9 heteroatoms. The average molecular weight is 454 g/mol. The van der Waals surface area contributed by atoms with E-state index in [1.165, 1.54) is 6.07 Å². The molecule has 4 nitrogen and oxygen atoms in total. The molecule has 0 radical (unpaired) electrons. The molecule has 0 heterocycles. The first-order chi connectivity index (χ1) is 13.2. The molecule has 0 spiro atoms. The van der Waals surface area contributed by atoms with Gasteiger partial charge in [0.15, 0.2) is 6.79 Å². The molecule has 0 bridgehead atoms. The van der Waals surface area contributed by atoms with Gasteiger partial charge >= 0.3 is 6.18 Å². The minimum Gasteiger partial charge on any atom is -0.598 e. The second-order valence-corrected chi connectivity index (χ2v) is 16.8. The van der Waals surface area contributed by atoms with Gasteiger partial charge in [0.05, 0.1) is 11.6 Å². The molecule has 0 aliphatic carbocycles. The summed E-state index contributed by atoms with van der Waals surface area (Å²) in [6.07, 6.45) is -4.11. The molecule has 0 saturated carbocycles. The van der Waals surface area contributed by atoms with E-state index in [2.05, 4.69) is 24.4 Å². The van der Waals surface area contributed by atoms with Crippen molar-refractivity contribution in [2.75, 3.05) is 13.4 Å². The molecule has 1 aromatic rings. The van der Waals surface area contributed by atoms with Crippen molar-refractivity contribution in [3.63, 3.8) is 0 Å². The Balaban J connectivity index is 3.09. The zero-order valence-electron chi connectivity index (χ0n) is 18.4. The third kappa shape index (κ3) is 8.88. The summed E-state index contributed by atoms with van der Waals surface area (Å²) < 4.78 is 66.6. The van der Waals surface area contributed by atoms with Crippen LogP contribution in [0.1, 0.15) is 51.3 Å². The molecule has 2 atom stereocenters. The van der Waals surface area contributed by atoms with E-state index in [-0.39, 0.29) is 12.5 Å². The SMILES string of the molecule is CC[C@@H](N[S@@+]([O-])C(C)(C)C)c1cccc(C(F)(F)F)c1OCOCC[Si](C)(C)C. The van der Waals surface area contributed by atoms with Crippen LogP contribution in [0.4, 0.5) is 13.2 Å². The molecule has 0 fully saturated rings. The van der Waals surface area contributed by atoms with Gasteiger partial charge in [-0.15, -0.1) is 4.72 Å². The predicted molar refractivity (Wildman–Crippen MR) is 115 cm³/mol. The van der Waals surface area contributed by atoms with Crippen molar-refractivity contribution >= 4 is 19.4 Å². The maximum atomic E-state index is 13.6. The highest BCUT2D eigenvalue weighted by atomic mass is 32.2. The second-order valence-electron chi connectivity index (χ2n) is 9.16. The van der Waals surface area contributed by atoms with Gasteiger partial charge in [0, 0.05) is 31.6 Å². The van der Waals surface area contributed by atoms with E-state index in [0.29, 0.717) is 18.6 Å². The van der Waals surface area contributed by atoms with Crippen LogP contribution in [0.3, 0.4) is 0 Å². The fourth-order valence-electron chi connectivity index (χ4n) is 2.42. The summed E-state index contributed by atoms with van der Waals surface area (Å²) in [7, 11) is -1.30. The van der Waals surface area contributed by atoms with Gasteiger partial charge in [-0.05, 0) is 39.3 Å². The van der Waals surface area contributed by atoms with Crippen LogP contribution in [0, 0.1) is 0 Å². The highest BCUT2D eigenvalue weighted by Gasteiger charge is 2.37. The Kier molecular flexibility index (Phi) is 9.54. The fourth-order valence-corrected chi connectivity index (χ4v) is 4.09. The van der Waals surface area contributed by atoms with Gasteiger partial charge in [0.2, 0.25) is 0 Å². The van der Waals surface area contributed by atoms with Gasteiger partial charge in [-0.2, -0.15) is 13.2 Å². The molecule has 29 heavy (non-hydrogen) atoms. The highest BCUT2D eigenvalue weighted by molar-refractivity contribution is 7.90. The first-order valence-electron chi connectivity index (χ1n) is 9.75. The number of alkyl halides is 3. The number of hydrogen-bond acceptors (Lipinski definition) is 4. The van der Waals surface area contributed by atoms with E-state index in [1.807, 2.05) is 6.92 Å². The third-order valence-corrected chi connectivity index (χ3v) is 7.54. The van der Waals surface area contributed by atoms with Crippen molar-refractivity contribution in [2.24, 2.45) is 0 Å². The Morgan fingerprint density at radius 2 is 1.79 bits per heavy atom. The van der Waals surface area contributed by atoms with Gasteiger partial charge in [-0.1, -0.05) is 38.7 Å². The number of ether oxygens (including phenoxy) is 2. The molecule has 0 amide bonds. The Labute approximate surface area is 176 Å². The van der Waals surface area contributed by atoms with Crippen molar-refractivity contribution in [2.45, 2.75) is 76.8 Å². The quantitative estimate of drug-likeness (QED) is 0.207. The lowest BCUT2D eigenvalue weighted by Crippen LogP contribution is -2.41. The van der Waals surface area contributed by atoms with Crippen LogP contribution in [0.25, 0.3) is 0 Å². The lowest BCUT2D eigenvalue weighted by molar-refractivity contribution is -0.139. The van der Waals surface area contributed by atoms with E-state index in [0.717, 1.165) is 12.1 Å². The lowest BCUT2D eigenvalue weighted by atomic mass is 10.0. The van der Waals surface area contributed by atoms with E-state index in [1.54, 1.807) is 26.8 Å². The number of para-hydroxylation sites is 1. The first kappa shape index (κ1) is 26.3. The molecule has 1 aromatic carbocycles. The van der Waals surface area contributed by atoms with Crippen LogP contribution in [-0.2, 0) is 22.3 Å². The normalized spacial score (nSPS) is 15.3. The Morgan fingerprint density at radius 3 is 2.28 bits per heavy atom. The summed E-state index contributed by atoms with van der Waals surface area (Å²) in [6.45, 7) is 14.0. The maximum absolute atomic E-state index is 13.6. The summed E-state index contributed by atoms with van der Waals surface area (Å²) in [4.78, 5) is 0. The number of rotatable bonds is 10. The molecule has 1 rings (SSSR count). The topological polar surface area (TPSA) is 53.5 Å². The predicted octanol–water partition coefficient (Wildman–Crippen LogP) is 5.90. The van der Waals surface area contributed by atoms with Crippen molar-refractivity contribution in [3.8, 4) is 5.75 Å². The molecule has 0 unspecified atom stereocenters. The molecule has 0 aliphatic rings. The number of halogens is 3. The van der Waals surface area contributed by atoms with Crippen LogP contribution in [0.2, 0.25) is 25.7 Å². The van der Waals surface area contributed by atoms with Crippen molar-refractivity contribution in [1.29, 1.82) is 0 Å². The zero-order valence-corrected chi connectivity index (χ0v) is 20.2. The molecule has 0 aliphatic heterocycles. The van der Waals surface area contributed by atoms with Crippen molar-refractivity contribution in [3.05, 3.63) is 29.3 Å². The number of hydrogen-bond donors (Lipinski definition) is 1. The minimum atomic E-state index is -4.56. The first-order valence-corrected chi connectivity index (χ1v) is 14.6. The lowest BCUT2D eigenvalue weighted by Gasteiger charge is -2.29. The second kappa shape index (κ2) is 10.5. The van der Waals surface area contributed by atoms with E-state index < -0.39 is 42.0 Å². The largest absolute Gasteiger partial charge is 0.598 e. The zero-order chi connectivity index (χ0) is 22.5. The molecular formula is C20H34F3NO3SSi. The van der Waals surface area contributed by atoms with Gasteiger partial charge in [0.1, 0.15) is 10.5 Å². The standard InChI is InChI=1S/C20H34F3NO3SSi/c1-8-17(24-28(25)19(2,3)4)15-10-9-11-16(20(21,22)23)18(15)27-14-26-12-13-29(5,6)7/h9-11,17,24H,8,12-14H2,1-7H3/t17-,28+/m1/s1. The summed E-state index contributed by atoms with van der Waals surface area (Å²) in [5.41, 5.74) is -0.528. The third-order valence-electron chi connectivity index (χ3n) is 4.22. The minimum absolute atomic E-state index is 0.261. The van der Waals surface area contributed by atoms with Crippen molar-refractivity contribution in [1.82, 2.24) is 4.72 Å². The smallest absolute Gasteiger partial charge is 0.419 e. The fraction of sp³-hybridized carbons (Fsp3) is 0.700. The van der Waals surface area contributed by atoms with Crippen LogP contribution in [-0.4, -0.2) is 30.8 Å². The monoisotopic (exact) mass is 453 g/mol. The van der Waals surface area contributed by atoms with Gasteiger partial charge in [-0.3, -0.25) is 0 Å². The van der Waals surface area contributed by atoms with Crippen LogP contribution in [0.15, 0.2) is 18.2 Å². The maximum Gasteiger partial charge on any atom is 0.419 e. The van der Waals surface area contributed by atoms with Crippen LogP contribution >= 0.6 is 0 Å². The summed E-state index contributed by atoms with van der Waals surface area (Å²) in [5.74, 6) is -0.265. The van der Waals surface area contributed by atoms with Gasteiger partial charge in [-0.25, -0.2) is 0 Å². The van der Waals surface area contributed by atoms with Gasteiger partial charge in [0.25, 0.3) is 0 Å². The Hall–Kier alpha value is -0.743. The molecular weight excluding hydrogens is 419 g/mol.